The monoisotopic (exact) mass is 286 g/mol. The van der Waals surface area contributed by atoms with Gasteiger partial charge < -0.3 is 5.32 Å². The number of nitrogens with zero attached hydrogens (tertiary/aromatic N) is 2. The molecule has 20 heavy (non-hydrogen) atoms. The van der Waals surface area contributed by atoms with Gasteiger partial charge in [-0.05, 0) is 30.9 Å². The van der Waals surface area contributed by atoms with E-state index in [1.54, 1.807) is 6.33 Å². The van der Waals surface area contributed by atoms with Gasteiger partial charge >= 0.3 is 0 Å². The maximum Gasteiger partial charge on any atom is 0.137 e. The lowest BCUT2D eigenvalue weighted by atomic mass is 10.1. The molecule has 5 heteroatoms. The van der Waals surface area contributed by atoms with Crippen LogP contribution in [0.5, 0.6) is 0 Å². The highest BCUT2D eigenvalue weighted by Crippen LogP contribution is 2.34. The van der Waals surface area contributed by atoms with Gasteiger partial charge in [0.15, 0.2) is 0 Å². The van der Waals surface area contributed by atoms with Gasteiger partial charge in [0.1, 0.15) is 12.2 Å². The second-order valence-electron chi connectivity index (χ2n) is 4.95. The molecular weight excluding hydrogens is 268 g/mol. The molecule has 0 fully saturated rings. The standard InChI is InChI=1S/C15H18N4S/c1-10-12-5-3-4-6-13(12)20-15(10)11(2)16-8-7-14-17-9-18-19-14/h3-6,9,11,16H,7-8H2,1-2H3,(H,17,18,19). The van der Waals surface area contributed by atoms with Gasteiger partial charge in [-0.1, -0.05) is 18.2 Å². The summed E-state index contributed by atoms with van der Waals surface area (Å²) in [5, 5.41) is 11.7. The van der Waals surface area contributed by atoms with Crippen LogP contribution in [0.15, 0.2) is 30.6 Å². The van der Waals surface area contributed by atoms with E-state index in [4.69, 9.17) is 0 Å². The van der Waals surface area contributed by atoms with Crippen LogP contribution < -0.4 is 5.32 Å². The van der Waals surface area contributed by atoms with Crippen LogP contribution in [0, 0.1) is 6.92 Å². The first-order valence-electron chi connectivity index (χ1n) is 6.81. The van der Waals surface area contributed by atoms with E-state index in [1.165, 1.54) is 20.5 Å². The van der Waals surface area contributed by atoms with Crippen LogP contribution in [0.25, 0.3) is 10.1 Å². The average molecular weight is 286 g/mol. The Kier molecular flexibility index (Phi) is 3.80. The van der Waals surface area contributed by atoms with Crippen LogP contribution in [0.3, 0.4) is 0 Å². The number of benzene rings is 1. The number of aromatic amines is 1. The average Bonchev–Trinajstić information content (AvgIpc) is 3.08. The molecule has 0 spiro atoms. The Balaban J connectivity index is 1.69. The van der Waals surface area contributed by atoms with E-state index < -0.39 is 0 Å². The molecule has 104 valence electrons. The summed E-state index contributed by atoms with van der Waals surface area (Å²) in [5.41, 5.74) is 1.39. The van der Waals surface area contributed by atoms with Gasteiger partial charge in [0.05, 0.1) is 0 Å². The fraction of sp³-hybridized carbons (Fsp3) is 0.333. The number of H-pyrrole nitrogens is 1. The Labute approximate surface area is 122 Å². The first-order valence-corrected chi connectivity index (χ1v) is 7.63. The van der Waals surface area contributed by atoms with E-state index in [1.807, 2.05) is 11.3 Å². The maximum absolute atomic E-state index is 4.13. The van der Waals surface area contributed by atoms with Crippen LogP contribution in [0.1, 0.15) is 29.2 Å². The lowest BCUT2D eigenvalue weighted by Gasteiger charge is -2.12. The Bertz CT molecular complexity index is 687. The number of aryl methyl sites for hydroxylation is 1. The molecule has 2 N–H and O–H groups in total. The van der Waals surface area contributed by atoms with Crippen molar-refractivity contribution in [2.45, 2.75) is 26.3 Å². The van der Waals surface area contributed by atoms with Crippen LogP contribution in [-0.4, -0.2) is 21.7 Å². The summed E-state index contributed by atoms with van der Waals surface area (Å²) >= 11 is 1.88. The molecule has 2 heterocycles. The second-order valence-corrected chi connectivity index (χ2v) is 6.03. The van der Waals surface area contributed by atoms with Gasteiger partial charge in [0, 0.05) is 28.6 Å². The summed E-state index contributed by atoms with van der Waals surface area (Å²) < 4.78 is 1.36. The molecule has 4 nitrogen and oxygen atoms in total. The highest BCUT2D eigenvalue weighted by molar-refractivity contribution is 7.19. The summed E-state index contributed by atoms with van der Waals surface area (Å²) in [6.45, 7) is 5.32. The van der Waals surface area contributed by atoms with Gasteiger partial charge in [0.25, 0.3) is 0 Å². The van der Waals surface area contributed by atoms with Crippen LogP contribution >= 0.6 is 11.3 Å². The smallest absolute Gasteiger partial charge is 0.137 e. The minimum absolute atomic E-state index is 0.357. The molecule has 0 bridgehead atoms. The molecule has 3 rings (SSSR count). The zero-order valence-corrected chi connectivity index (χ0v) is 12.5. The minimum atomic E-state index is 0.357. The minimum Gasteiger partial charge on any atom is -0.309 e. The molecule has 0 aliphatic carbocycles. The molecule has 0 aliphatic heterocycles. The summed E-state index contributed by atoms with van der Waals surface area (Å²) in [5.74, 6) is 0.928. The zero-order chi connectivity index (χ0) is 13.9. The predicted molar refractivity (Wildman–Crippen MR) is 83.1 cm³/mol. The van der Waals surface area contributed by atoms with Crippen LogP contribution in [0.4, 0.5) is 0 Å². The first kappa shape index (κ1) is 13.3. The lowest BCUT2D eigenvalue weighted by Crippen LogP contribution is -2.21. The van der Waals surface area contributed by atoms with Gasteiger partial charge in [-0.2, -0.15) is 5.10 Å². The molecule has 1 aromatic carbocycles. The van der Waals surface area contributed by atoms with Crippen molar-refractivity contribution in [2.24, 2.45) is 0 Å². The highest BCUT2D eigenvalue weighted by Gasteiger charge is 2.13. The van der Waals surface area contributed by atoms with Crippen molar-refractivity contribution in [2.75, 3.05) is 6.54 Å². The Morgan fingerprint density at radius 3 is 2.95 bits per heavy atom. The van der Waals surface area contributed by atoms with Crippen molar-refractivity contribution in [3.8, 4) is 0 Å². The molecule has 0 saturated heterocycles. The molecule has 0 saturated carbocycles. The number of hydrogen-bond donors (Lipinski definition) is 2. The van der Waals surface area contributed by atoms with Crippen molar-refractivity contribution in [3.05, 3.63) is 46.9 Å². The van der Waals surface area contributed by atoms with Crippen molar-refractivity contribution in [3.63, 3.8) is 0 Å². The summed E-state index contributed by atoms with van der Waals surface area (Å²) in [4.78, 5) is 5.55. The number of aromatic nitrogens is 3. The highest BCUT2D eigenvalue weighted by atomic mass is 32.1. The van der Waals surface area contributed by atoms with Gasteiger partial charge in [-0.15, -0.1) is 11.3 Å². The maximum atomic E-state index is 4.13. The molecule has 0 amide bonds. The molecule has 2 aromatic heterocycles. The summed E-state index contributed by atoms with van der Waals surface area (Å²) in [6, 6.07) is 8.96. The van der Waals surface area contributed by atoms with Crippen molar-refractivity contribution >= 4 is 21.4 Å². The Morgan fingerprint density at radius 2 is 2.20 bits per heavy atom. The number of nitrogens with one attached hydrogen (secondary N) is 2. The quantitative estimate of drug-likeness (QED) is 0.757. The predicted octanol–water partition coefficient (Wildman–Crippen LogP) is 3.22. The normalized spacial score (nSPS) is 12.9. The van der Waals surface area contributed by atoms with E-state index in [0.29, 0.717) is 6.04 Å². The van der Waals surface area contributed by atoms with E-state index in [9.17, 15) is 0 Å². The van der Waals surface area contributed by atoms with Crippen molar-refractivity contribution in [1.82, 2.24) is 20.5 Å². The van der Waals surface area contributed by atoms with Gasteiger partial charge in [-0.3, -0.25) is 5.10 Å². The fourth-order valence-corrected chi connectivity index (χ4v) is 3.70. The van der Waals surface area contributed by atoms with E-state index in [2.05, 4.69) is 58.6 Å². The molecule has 0 radical (unpaired) electrons. The largest absolute Gasteiger partial charge is 0.309 e. The molecule has 0 aliphatic rings. The lowest BCUT2D eigenvalue weighted by molar-refractivity contribution is 0.576. The third kappa shape index (κ3) is 2.59. The Morgan fingerprint density at radius 1 is 1.35 bits per heavy atom. The molecule has 1 unspecified atom stereocenters. The SMILES string of the molecule is Cc1c(C(C)NCCc2ncn[nH]2)sc2ccccc12. The van der Waals surface area contributed by atoms with Crippen LogP contribution in [0.2, 0.25) is 0 Å². The summed E-state index contributed by atoms with van der Waals surface area (Å²) in [7, 11) is 0. The molecule has 3 aromatic rings. The summed E-state index contributed by atoms with van der Waals surface area (Å²) in [6.07, 6.45) is 2.42. The molecular formula is C15H18N4S. The molecule has 1 atom stereocenters. The number of fused-ring (bicyclic) bond motifs is 1. The van der Waals surface area contributed by atoms with E-state index in [-0.39, 0.29) is 0 Å². The van der Waals surface area contributed by atoms with Crippen molar-refractivity contribution in [1.29, 1.82) is 0 Å². The number of hydrogen-bond acceptors (Lipinski definition) is 4. The fourth-order valence-electron chi connectivity index (χ4n) is 2.46. The number of thiophene rings is 1. The topological polar surface area (TPSA) is 53.6 Å². The third-order valence-electron chi connectivity index (χ3n) is 3.55. The van der Waals surface area contributed by atoms with E-state index in [0.717, 1.165) is 18.8 Å². The first-order chi connectivity index (χ1) is 9.75. The van der Waals surface area contributed by atoms with E-state index >= 15 is 0 Å². The third-order valence-corrected chi connectivity index (χ3v) is 5.01. The zero-order valence-electron chi connectivity index (χ0n) is 11.7. The second kappa shape index (κ2) is 5.73. The van der Waals surface area contributed by atoms with Gasteiger partial charge in [0.2, 0.25) is 0 Å². The van der Waals surface area contributed by atoms with Crippen molar-refractivity contribution < 1.29 is 0 Å². The van der Waals surface area contributed by atoms with Gasteiger partial charge in [-0.25, -0.2) is 4.98 Å². The Hall–Kier alpha value is -1.72. The van der Waals surface area contributed by atoms with Crippen LogP contribution in [-0.2, 0) is 6.42 Å². The number of rotatable bonds is 5.